The van der Waals surface area contributed by atoms with E-state index in [1.807, 2.05) is 0 Å². The summed E-state index contributed by atoms with van der Waals surface area (Å²) in [6.07, 6.45) is 8.80. The standard InChI is InChI=1S/C13H22N2O/c16-13-12(14-11-5-6-11)2-1-8-15(13)9-7-10-3-4-10/h10-12,14H,1-9H2. The second kappa shape index (κ2) is 4.36. The third kappa shape index (κ3) is 2.57. The van der Waals surface area contributed by atoms with E-state index in [1.54, 1.807) is 0 Å². The van der Waals surface area contributed by atoms with Crippen LogP contribution in [0.5, 0.6) is 0 Å². The zero-order valence-electron chi connectivity index (χ0n) is 9.95. The van der Waals surface area contributed by atoms with Crippen molar-refractivity contribution in [1.29, 1.82) is 0 Å². The summed E-state index contributed by atoms with van der Waals surface area (Å²) in [5, 5.41) is 3.48. The molecule has 1 atom stereocenters. The van der Waals surface area contributed by atoms with E-state index in [1.165, 1.54) is 38.5 Å². The lowest BCUT2D eigenvalue weighted by Crippen LogP contribution is -2.51. The predicted octanol–water partition coefficient (Wildman–Crippen LogP) is 1.53. The monoisotopic (exact) mass is 222 g/mol. The van der Waals surface area contributed by atoms with Crippen LogP contribution in [0.1, 0.15) is 44.9 Å². The molecule has 2 aliphatic carbocycles. The van der Waals surface area contributed by atoms with Crippen molar-refractivity contribution in [2.24, 2.45) is 5.92 Å². The SMILES string of the molecule is O=C1C(NC2CC2)CCCN1CCC1CC1. The molecule has 0 aromatic rings. The molecular weight excluding hydrogens is 200 g/mol. The van der Waals surface area contributed by atoms with E-state index in [0.29, 0.717) is 11.9 Å². The molecule has 1 heterocycles. The van der Waals surface area contributed by atoms with Gasteiger partial charge < -0.3 is 10.2 Å². The van der Waals surface area contributed by atoms with Gasteiger partial charge in [0.1, 0.15) is 0 Å². The number of likely N-dealkylation sites (tertiary alicyclic amines) is 1. The van der Waals surface area contributed by atoms with Crippen LogP contribution in [0.25, 0.3) is 0 Å². The summed E-state index contributed by atoms with van der Waals surface area (Å²) < 4.78 is 0. The quantitative estimate of drug-likeness (QED) is 0.765. The first-order valence-electron chi connectivity index (χ1n) is 6.88. The topological polar surface area (TPSA) is 32.3 Å². The summed E-state index contributed by atoms with van der Waals surface area (Å²) >= 11 is 0. The van der Waals surface area contributed by atoms with Gasteiger partial charge in [0.15, 0.2) is 0 Å². The van der Waals surface area contributed by atoms with Crippen LogP contribution in [0.3, 0.4) is 0 Å². The molecule has 1 unspecified atom stereocenters. The van der Waals surface area contributed by atoms with E-state index in [0.717, 1.165) is 25.4 Å². The summed E-state index contributed by atoms with van der Waals surface area (Å²) in [5.74, 6) is 1.31. The molecule has 3 rings (SSSR count). The Labute approximate surface area is 97.6 Å². The van der Waals surface area contributed by atoms with Crippen LogP contribution in [-0.2, 0) is 4.79 Å². The fourth-order valence-electron chi connectivity index (χ4n) is 2.60. The van der Waals surface area contributed by atoms with Crippen LogP contribution in [0.15, 0.2) is 0 Å². The Bertz CT molecular complexity index is 271. The number of nitrogens with one attached hydrogen (secondary N) is 1. The Morgan fingerprint density at radius 3 is 2.69 bits per heavy atom. The van der Waals surface area contributed by atoms with Crippen LogP contribution in [0.4, 0.5) is 0 Å². The molecule has 1 aliphatic heterocycles. The first-order valence-corrected chi connectivity index (χ1v) is 6.88. The molecule has 3 fully saturated rings. The average Bonchev–Trinajstić information content (AvgIpc) is 3.13. The Balaban J connectivity index is 1.49. The molecule has 2 saturated carbocycles. The lowest BCUT2D eigenvalue weighted by atomic mass is 10.0. The number of rotatable bonds is 5. The van der Waals surface area contributed by atoms with Crippen LogP contribution in [0, 0.1) is 5.92 Å². The predicted molar refractivity (Wildman–Crippen MR) is 63.1 cm³/mol. The molecular formula is C13H22N2O. The molecule has 3 aliphatic rings. The van der Waals surface area contributed by atoms with Gasteiger partial charge in [0.2, 0.25) is 5.91 Å². The maximum absolute atomic E-state index is 12.2. The summed E-state index contributed by atoms with van der Waals surface area (Å²) in [4.78, 5) is 14.3. The Hall–Kier alpha value is -0.570. The van der Waals surface area contributed by atoms with Crippen molar-refractivity contribution in [2.45, 2.75) is 57.0 Å². The van der Waals surface area contributed by atoms with Crippen LogP contribution < -0.4 is 5.32 Å². The molecule has 1 amide bonds. The van der Waals surface area contributed by atoms with Crippen molar-refractivity contribution in [3.63, 3.8) is 0 Å². The highest BCUT2D eigenvalue weighted by atomic mass is 16.2. The van der Waals surface area contributed by atoms with Gasteiger partial charge in [0.25, 0.3) is 0 Å². The fraction of sp³-hybridized carbons (Fsp3) is 0.923. The van der Waals surface area contributed by atoms with Crippen LogP contribution >= 0.6 is 0 Å². The normalized spacial score (nSPS) is 30.9. The smallest absolute Gasteiger partial charge is 0.239 e. The van der Waals surface area contributed by atoms with Gasteiger partial charge in [-0.2, -0.15) is 0 Å². The molecule has 0 spiro atoms. The number of carbonyl (C=O) groups is 1. The number of carbonyl (C=O) groups excluding carboxylic acids is 1. The lowest BCUT2D eigenvalue weighted by molar-refractivity contribution is -0.136. The molecule has 0 bridgehead atoms. The van der Waals surface area contributed by atoms with Crippen LogP contribution in [0.2, 0.25) is 0 Å². The van der Waals surface area contributed by atoms with Crippen molar-refractivity contribution in [2.75, 3.05) is 13.1 Å². The van der Waals surface area contributed by atoms with E-state index in [2.05, 4.69) is 10.2 Å². The Morgan fingerprint density at radius 2 is 2.00 bits per heavy atom. The zero-order chi connectivity index (χ0) is 11.0. The van der Waals surface area contributed by atoms with E-state index in [9.17, 15) is 4.79 Å². The van der Waals surface area contributed by atoms with E-state index in [4.69, 9.17) is 0 Å². The van der Waals surface area contributed by atoms with E-state index >= 15 is 0 Å². The van der Waals surface area contributed by atoms with Gasteiger partial charge in [-0.05, 0) is 38.0 Å². The summed E-state index contributed by atoms with van der Waals surface area (Å²) in [6, 6.07) is 0.790. The van der Waals surface area contributed by atoms with E-state index < -0.39 is 0 Å². The molecule has 1 N–H and O–H groups in total. The molecule has 1 saturated heterocycles. The zero-order valence-corrected chi connectivity index (χ0v) is 9.95. The fourth-order valence-corrected chi connectivity index (χ4v) is 2.60. The molecule has 16 heavy (non-hydrogen) atoms. The third-order valence-electron chi connectivity index (χ3n) is 4.05. The van der Waals surface area contributed by atoms with Crippen molar-refractivity contribution in [1.82, 2.24) is 10.2 Å². The van der Waals surface area contributed by atoms with Gasteiger partial charge in [-0.3, -0.25) is 4.79 Å². The number of piperidine rings is 1. The van der Waals surface area contributed by atoms with Gasteiger partial charge in [0, 0.05) is 19.1 Å². The first-order chi connectivity index (χ1) is 7.83. The molecule has 90 valence electrons. The lowest BCUT2D eigenvalue weighted by Gasteiger charge is -2.33. The number of amides is 1. The van der Waals surface area contributed by atoms with Crippen molar-refractivity contribution in [3.05, 3.63) is 0 Å². The number of hydrogen-bond acceptors (Lipinski definition) is 2. The van der Waals surface area contributed by atoms with Crippen molar-refractivity contribution in [3.8, 4) is 0 Å². The largest absolute Gasteiger partial charge is 0.341 e. The first kappa shape index (κ1) is 10.6. The third-order valence-corrected chi connectivity index (χ3v) is 4.05. The highest BCUT2D eigenvalue weighted by Gasteiger charge is 2.33. The van der Waals surface area contributed by atoms with E-state index in [-0.39, 0.29) is 6.04 Å². The van der Waals surface area contributed by atoms with Gasteiger partial charge >= 0.3 is 0 Å². The van der Waals surface area contributed by atoms with Crippen LogP contribution in [-0.4, -0.2) is 36.0 Å². The number of nitrogens with zero attached hydrogens (tertiary/aromatic N) is 1. The van der Waals surface area contributed by atoms with Crippen molar-refractivity contribution >= 4 is 5.91 Å². The summed E-state index contributed by atoms with van der Waals surface area (Å²) in [7, 11) is 0. The second-order valence-electron chi connectivity index (χ2n) is 5.69. The second-order valence-corrected chi connectivity index (χ2v) is 5.69. The summed E-state index contributed by atoms with van der Waals surface area (Å²) in [5.41, 5.74) is 0. The minimum Gasteiger partial charge on any atom is -0.341 e. The molecule has 0 radical (unpaired) electrons. The van der Waals surface area contributed by atoms with Crippen molar-refractivity contribution < 1.29 is 4.79 Å². The maximum Gasteiger partial charge on any atom is 0.239 e. The molecule has 0 aromatic heterocycles. The highest BCUT2D eigenvalue weighted by Crippen LogP contribution is 2.32. The minimum atomic E-state index is 0.139. The molecule has 0 aromatic carbocycles. The van der Waals surface area contributed by atoms with Gasteiger partial charge in [-0.15, -0.1) is 0 Å². The van der Waals surface area contributed by atoms with Gasteiger partial charge in [-0.25, -0.2) is 0 Å². The number of hydrogen-bond donors (Lipinski definition) is 1. The highest BCUT2D eigenvalue weighted by molar-refractivity contribution is 5.82. The van der Waals surface area contributed by atoms with Gasteiger partial charge in [-0.1, -0.05) is 12.8 Å². The molecule has 3 nitrogen and oxygen atoms in total. The maximum atomic E-state index is 12.2. The minimum absolute atomic E-state index is 0.139. The summed E-state index contributed by atoms with van der Waals surface area (Å²) in [6.45, 7) is 2.00. The average molecular weight is 222 g/mol. The molecule has 3 heteroatoms. The Morgan fingerprint density at radius 1 is 1.19 bits per heavy atom. The van der Waals surface area contributed by atoms with Gasteiger partial charge in [0.05, 0.1) is 6.04 Å². The Kier molecular flexibility index (Phi) is 2.88.